The van der Waals surface area contributed by atoms with Crippen LogP contribution in [0.2, 0.25) is 0 Å². The molecule has 2 N–H and O–H groups in total. The van der Waals surface area contributed by atoms with E-state index in [1.54, 1.807) is 6.92 Å². The van der Waals surface area contributed by atoms with E-state index in [0.29, 0.717) is 12.1 Å². The van der Waals surface area contributed by atoms with Crippen LogP contribution >= 0.6 is 0 Å². The molecule has 1 rings (SSSR count). The van der Waals surface area contributed by atoms with Crippen LogP contribution in [0.5, 0.6) is 0 Å². The fourth-order valence-electron chi connectivity index (χ4n) is 1.58. The van der Waals surface area contributed by atoms with Gasteiger partial charge >= 0.3 is 0 Å². The zero-order valence-corrected chi connectivity index (χ0v) is 12.6. The average Bonchev–Trinajstić information content (AvgIpc) is 2.35. The van der Waals surface area contributed by atoms with E-state index < -0.39 is 16.1 Å². The lowest BCUT2D eigenvalue weighted by atomic mass is 10.3. The standard InChI is InChI=1S/C13H20N2O4S/c1-10(16)8-9-15(3)20(18,19)13-6-4-12(5-7-13)14-11(2)17/h4-7,10,16H,8-9H2,1-3H3,(H,14,17). The van der Waals surface area contributed by atoms with E-state index >= 15 is 0 Å². The summed E-state index contributed by atoms with van der Waals surface area (Å²) < 4.78 is 25.7. The molecule has 1 aromatic carbocycles. The molecule has 0 aromatic heterocycles. The van der Waals surface area contributed by atoms with Crippen molar-refractivity contribution >= 4 is 21.6 Å². The lowest BCUT2D eigenvalue weighted by molar-refractivity contribution is -0.114. The van der Waals surface area contributed by atoms with Gasteiger partial charge in [0.2, 0.25) is 15.9 Å². The van der Waals surface area contributed by atoms with Crippen LogP contribution in [0.1, 0.15) is 20.3 Å². The molecule has 0 heterocycles. The summed E-state index contributed by atoms with van der Waals surface area (Å²) in [5.41, 5.74) is 0.545. The van der Waals surface area contributed by atoms with Gasteiger partial charge in [-0.3, -0.25) is 4.79 Å². The van der Waals surface area contributed by atoms with Gasteiger partial charge in [-0.25, -0.2) is 12.7 Å². The largest absolute Gasteiger partial charge is 0.393 e. The third-order valence-electron chi connectivity index (χ3n) is 2.74. The molecule has 112 valence electrons. The Morgan fingerprint density at radius 3 is 2.35 bits per heavy atom. The molecular formula is C13H20N2O4S. The Morgan fingerprint density at radius 1 is 1.35 bits per heavy atom. The number of sulfonamides is 1. The molecule has 0 saturated heterocycles. The van der Waals surface area contributed by atoms with Gasteiger partial charge in [-0.1, -0.05) is 0 Å². The minimum Gasteiger partial charge on any atom is -0.393 e. The lowest BCUT2D eigenvalue weighted by Gasteiger charge is -2.18. The van der Waals surface area contributed by atoms with Crippen LogP contribution < -0.4 is 5.32 Å². The first-order valence-corrected chi connectivity index (χ1v) is 7.69. The van der Waals surface area contributed by atoms with Crippen LogP contribution in [0.25, 0.3) is 0 Å². The molecule has 6 nitrogen and oxygen atoms in total. The smallest absolute Gasteiger partial charge is 0.242 e. The van der Waals surface area contributed by atoms with Gasteiger partial charge in [0.25, 0.3) is 0 Å². The summed E-state index contributed by atoms with van der Waals surface area (Å²) in [6.45, 7) is 3.24. The first kappa shape index (κ1) is 16.6. The fourth-order valence-corrected chi connectivity index (χ4v) is 2.77. The summed E-state index contributed by atoms with van der Waals surface area (Å²) in [4.78, 5) is 11.0. The van der Waals surface area contributed by atoms with Crippen molar-refractivity contribution in [2.75, 3.05) is 18.9 Å². The molecule has 0 spiro atoms. The molecule has 0 bridgehead atoms. The van der Waals surface area contributed by atoms with Crippen LogP contribution in [0.4, 0.5) is 5.69 Å². The molecule has 0 aliphatic heterocycles. The lowest BCUT2D eigenvalue weighted by Crippen LogP contribution is -2.29. The Labute approximate surface area is 119 Å². The number of benzene rings is 1. The number of hydrogen-bond donors (Lipinski definition) is 2. The molecular weight excluding hydrogens is 280 g/mol. The number of rotatable bonds is 6. The molecule has 1 aromatic rings. The number of nitrogens with zero attached hydrogens (tertiary/aromatic N) is 1. The molecule has 0 radical (unpaired) electrons. The molecule has 7 heteroatoms. The third-order valence-corrected chi connectivity index (χ3v) is 4.62. The number of aliphatic hydroxyl groups is 1. The van der Waals surface area contributed by atoms with Gasteiger partial charge in [-0.05, 0) is 37.6 Å². The zero-order chi connectivity index (χ0) is 15.3. The second kappa shape index (κ2) is 6.83. The molecule has 1 atom stereocenters. The Balaban J connectivity index is 2.84. The molecule has 0 aliphatic carbocycles. The quantitative estimate of drug-likeness (QED) is 0.821. The molecule has 0 saturated carbocycles. The van der Waals surface area contributed by atoms with Crippen molar-refractivity contribution in [3.8, 4) is 0 Å². The predicted octanol–water partition coefficient (Wildman–Crippen LogP) is 1.04. The van der Waals surface area contributed by atoms with Crippen molar-refractivity contribution in [2.45, 2.75) is 31.3 Å². The van der Waals surface area contributed by atoms with Crippen molar-refractivity contribution in [3.05, 3.63) is 24.3 Å². The monoisotopic (exact) mass is 300 g/mol. The predicted molar refractivity (Wildman–Crippen MR) is 76.9 cm³/mol. The highest BCUT2D eigenvalue weighted by Gasteiger charge is 2.20. The van der Waals surface area contributed by atoms with Crippen molar-refractivity contribution < 1.29 is 18.3 Å². The number of amides is 1. The highest BCUT2D eigenvalue weighted by molar-refractivity contribution is 7.89. The summed E-state index contributed by atoms with van der Waals surface area (Å²) in [7, 11) is -2.10. The highest BCUT2D eigenvalue weighted by Crippen LogP contribution is 2.17. The van der Waals surface area contributed by atoms with Crippen molar-refractivity contribution in [3.63, 3.8) is 0 Å². The second-order valence-electron chi connectivity index (χ2n) is 4.67. The number of aliphatic hydroxyl groups excluding tert-OH is 1. The summed E-state index contributed by atoms with van der Waals surface area (Å²) >= 11 is 0. The van der Waals surface area contributed by atoms with Gasteiger partial charge in [0.1, 0.15) is 0 Å². The van der Waals surface area contributed by atoms with Gasteiger partial charge in [0.05, 0.1) is 11.0 Å². The normalized spacial score (nSPS) is 13.2. The highest BCUT2D eigenvalue weighted by atomic mass is 32.2. The maximum atomic E-state index is 12.2. The topological polar surface area (TPSA) is 86.7 Å². The number of carbonyl (C=O) groups excluding carboxylic acids is 1. The SMILES string of the molecule is CC(=O)Nc1ccc(S(=O)(=O)N(C)CCC(C)O)cc1. The van der Waals surface area contributed by atoms with Gasteiger partial charge < -0.3 is 10.4 Å². The van der Waals surface area contributed by atoms with Crippen LogP contribution in [-0.4, -0.2) is 43.4 Å². The number of anilines is 1. The summed E-state index contributed by atoms with van der Waals surface area (Å²) in [5, 5.41) is 11.8. The minimum absolute atomic E-state index is 0.152. The average molecular weight is 300 g/mol. The summed E-state index contributed by atoms with van der Waals surface area (Å²) in [6, 6.07) is 5.96. The van der Waals surface area contributed by atoms with Crippen LogP contribution in [0.3, 0.4) is 0 Å². The Bertz CT molecular complexity index is 552. The summed E-state index contributed by atoms with van der Waals surface area (Å²) in [5.74, 6) is -0.213. The maximum absolute atomic E-state index is 12.2. The van der Waals surface area contributed by atoms with E-state index in [4.69, 9.17) is 0 Å². The van der Waals surface area contributed by atoms with E-state index in [1.807, 2.05) is 0 Å². The molecule has 0 fully saturated rings. The zero-order valence-electron chi connectivity index (χ0n) is 11.8. The van der Waals surface area contributed by atoms with Crippen molar-refractivity contribution in [1.82, 2.24) is 4.31 Å². The third kappa shape index (κ3) is 4.59. The first-order valence-electron chi connectivity index (χ1n) is 6.25. The van der Waals surface area contributed by atoms with Crippen LogP contribution in [0, 0.1) is 0 Å². The van der Waals surface area contributed by atoms with E-state index in [1.165, 1.54) is 42.5 Å². The molecule has 20 heavy (non-hydrogen) atoms. The van der Waals surface area contributed by atoms with Crippen molar-refractivity contribution in [2.24, 2.45) is 0 Å². The Morgan fingerprint density at radius 2 is 1.90 bits per heavy atom. The van der Waals surface area contributed by atoms with Gasteiger partial charge in [-0.15, -0.1) is 0 Å². The van der Waals surface area contributed by atoms with E-state index in [-0.39, 0.29) is 17.3 Å². The van der Waals surface area contributed by atoms with Crippen molar-refractivity contribution in [1.29, 1.82) is 0 Å². The Hall–Kier alpha value is -1.44. The van der Waals surface area contributed by atoms with Gasteiger partial charge in [-0.2, -0.15) is 0 Å². The molecule has 1 unspecified atom stereocenters. The van der Waals surface area contributed by atoms with Crippen LogP contribution in [-0.2, 0) is 14.8 Å². The number of nitrogens with one attached hydrogen (secondary N) is 1. The van der Waals surface area contributed by atoms with Gasteiger partial charge in [0.15, 0.2) is 0 Å². The number of hydrogen-bond acceptors (Lipinski definition) is 4. The van der Waals surface area contributed by atoms with E-state index in [2.05, 4.69) is 5.32 Å². The van der Waals surface area contributed by atoms with E-state index in [9.17, 15) is 18.3 Å². The maximum Gasteiger partial charge on any atom is 0.242 e. The Kier molecular flexibility index (Phi) is 5.67. The summed E-state index contributed by atoms with van der Waals surface area (Å²) in [6.07, 6.45) is -0.172. The van der Waals surface area contributed by atoms with Gasteiger partial charge in [0, 0.05) is 26.2 Å². The van der Waals surface area contributed by atoms with E-state index in [0.717, 1.165) is 0 Å². The first-order chi connectivity index (χ1) is 9.23. The fraction of sp³-hybridized carbons (Fsp3) is 0.462. The van der Waals surface area contributed by atoms with Crippen LogP contribution in [0.15, 0.2) is 29.2 Å². The minimum atomic E-state index is -3.57. The molecule has 1 amide bonds. The number of carbonyl (C=O) groups is 1. The molecule has 0 aliphatic rings. The second-order valence-corrected chi connectivity index (χ2v) is 6.71.